The van der Waals surface area contributed by atoms with E-state index < -0.39 is 0 Å². The van der Waals surface area contributed by atoms with E-state index in [1.54, 1.807) is 12.1 Å². The summed E-state index contributed by atoms with van der Waals surface area (Å²) in [5.74, 6) is 0.600. The summed E-state index contributed by atoms with van der Waals surface area (Å²) in [7, 11) is 0. The topological polar surface area (TPSA) is 37.4 Å². The number of piperazine rings is 1. The molecule has 0 bridgehead atoms. The SMILES string of the molecule is Fc1ccc(COc2cccc(CN3CCNCC3c3ccncc3)c2)cc1. The lowest BCUT2D eigenvalue weighted by Gasteiger charge is -2.36. The van der Waals surface area contributed by atoms with Crippen molar-refractivity contribution in [2.45, 2.75) is 19.2 Å². The predicted molar refractivity (Wildman–Crippen MR) is 107 cm³/mol. The Labute approximate surface area is 165 Å². The summed E-state index contributed by atoms with van der Waals surface area (Å²) in [6.07, 6.45) is 3.71. The fourth-order valence-corrected chi connectivity index (χ4v) is 3.57. The van der Waals surface area contributed by atoms with E-state index >= 15 is 0 Å². The lowest BCUT2D eigenvalue weighted by Crippen LogP contribution is -2.45. The standard InChI is InChI=1S/C23H24FN3O/c24-21-6-4-18(5-7-21)17-28-22-3-1-2-19(14-22)16-27-13-12-26-15-23(27)20-8-10-25-11-9-20/h1-11,14,23,26H,12-13,15-17H2. The maximum absolute atomic E-state index is 13.0. The lowest BCUT2D eigenvalue weighted by atomic mass is 10.0. The van der Waals surface area contributed by atoms with Crippen LogP contribution >= 0.6 is 0 Å². The van der Waals surface area contributed by atoms with Crippen molar-refractivity contribution in [3.8, 4) is 5.75 Å². The molecule has 1 atom stereocenters. The highest BCUT2D eigenvalue weighted by molar-refractivity contribution is 5.29. The van der Waals surface area contributed by atoms with Gasteiger partial charge in [-0.05, 0) is 53.1 Å². The Balaban J connectivity index is 1.42. The summed E-state index contributed by atoms with van der Waals surface area (Å²) in [6, 6.07) is 19.1. The van der Waals surface area contributed by atoms with Crippen LogP contribution in [0.1, 0.15) is 22.7 Å². The Kier molecular flexibility index (Phi) is 5.95. The van der Waals surface area contributed by atoms with Gasteiger partial charge in [0.25, 0.3) is 0 Å². The van der Waals surface area contributed by atoms with E-state index in [9.17, 15) is 4.39 Å². The first-order chi connectivity index (χ1) is 13.8. The monoisotopic (exact) mass is 377 g/mol. The minimum absolute atomic E-state index is 0.231. The number of benzene rings is 2. The first kappa shape index (κ1) is 18.6. The molecule has 4 rings (SSSR count). The highest BCUT2D eigenvalue weighted by atomic mass is 19.1. The van der Waals surface area contributed by atoms with Gasteiger partial charge in [-0.25, -0.2) is 4.39 Å². The second-order valence-electron chi connectivity index (χ2n) is 7.03. The third-order valence-corrected chi connectivity index (χ3v) is 5.05. The van der Waals surface area contributed by atoms with E-state index in [0.717, 1.165) is 37.5 Å². The second kappa shape index (κ2) is 8.95. The van der Waals surface area contributed by atoms with E-state index in [1.807, 2.05) is 24.5 Å². The largest absolute Gasteiger partial charge is 0.489 e. The zero-order valence-corrected chi connectivity index (χ0v) is 15.7. The molecule has 0 saturated carbocycles. The van der Waals surface area contributed by atoms with Crippen molar-refractivity contribution >= 4 is 0 Å². The number of nitrogens with one attached hydrogen (secondary N) is 1. The van der Waals surface area contributed by atoms with E-state index in [1.165, 1.54) is 23.3 Å². The molecular weight excluding hydrogens is 353 g/mol. The zero-order chi connectivity index (χ0) is 19.2. The quantitative estimate of drug-likeness (QED) is 0.706. The number of ether oxygens (including phenoxy) is 1. The van der Waals surface area contributed by atoms with Crippen LogP contribution in [0.5, 0.6) is 5.75 Å². The van der Waals surface area contributed by atoms with Crippen molar-refractivity contribution in [2.24, 2.45) is 0 Å². The number of pyridine rings is 1. The average Bonchev–Trinajstić information content (AvgIpc) is 2.75. The van der Waals surface area contributed by atoms with Crippen LogP contribution < -0.4 is 10.1 Å². The van der Waals surface area contributed by atoms with Crippen LogP contribution in [0, 0.1) is 5.82 Å². The van der Waals surface area contributed by atoms with Gasteiger partial charge in [0.15, 0.2) is 0 Å². The molecule has 144 valence electrons. The highest BCUT2D eigenvalue weighted by Crippen LogP contribution is 2.25. The Morgan fingerprint density at radius 3 is 2.68 bits per heavy atom. The Hall–Kier alpha value is -2.76. The van der Waals surface area contributed by atoms with Gasteiger partial charge in [0.05, 0.1) is 0 Å². The van der Waals surface area contributed by atoms with E-state index in [0.29, 0.717) is 12.6 Å². The molecule has 0 spiro atoms. The molecule has 2 heterocycles. The third kappa shape index (κ3) is 4.74. The van der Waals surface area contributed by atoms with Crippen LogP contribution in [0.4, 0.5) is 4.39 Å². The van der Waals surface area contributed by atoms with Crippen molar-refractivity contribution in [1.82, 2.24) is 15.2 Å². The number of hydrogen-bond acceptors (Lipinski definition) is 4. The van der Waals surface area contributed by atoms with Gasteiger partial charge < -0.3 is 10.1 Å². The molecule has 1 saturated heterocycles. The van der Waals surface area contributed by atoms with Crippen LogP contribution in [-0.2, 0) is 13.2 Å². The Bertz CT molecular complexity index is 886. The van der Waals surface area contributed by atoms with Gasteiger partial charge in [0, 0.05) is 44.6 Å². The molecule has 3 aromatic rings. The van der Waals surface area contributed by atoms with Crippen molar-refractivity contribution in [1.29, 1.82) is 0 Å². The van der Waals surface area contributed by atoms with E-state index in [2.05, 4.69) is 39.5 Å². The molecule has 1 fully saturated rings. The number of aromatic nitrogens is 1. The normalized spacial score (nSPS) is 17.4. The average molecular weight is 377 g/mol. The molecule has 5 heteroatoms. The molecule has 1 unspecified atom stereocenters. The molecule has 0 amide bonds. The second-order valence-corrected chi connectivity index (χ2v) is 7.03. The lowest BCUT2D eigenvalue weighted by molar-refractivity contribution is 0.153. The summed E-state index contributed by atoms with van der Waals surface area (Å²) in [5.41, 5.74) is 3.45. The minimum atomic E-state index is -0.231. The van der Waals surface area contributed by atoms with Gasteiger partial charge in [0.1, 0.15) is 18.2 Å². The van der Waals surface area contributed by atoms with Gasteiger partial charge in [-0.1, -0.05) is 24.3 Å². The summed E-state index contributed by atoms with van der Waals surface area (Å²) in [6.45, 7) is 4.21. The number of halogens is 1. The molecule has 1 aliphatic heterocycles. The molecule has 28 heavy (non-hydrogen) atoms. The van der Waals surface area contributed by atoms with Crippen LogP contribution in [0.25, 0.3) is 0 Å². The van der Waals surface area contributed by atoms with Gasteiger partial charge in [0.2, 0.25) is 0 Å². The molecule has 1 aliphatic rings. The summed E-state index contributed by atoms with van der Waals surface area (Å²) < 4.78 is 18.9. The molecule has 0 radical (unpaired) electrons. The molecule has 2 aromatic carbocycles. The van der Waals surface area contributed by atoms with Gasteiger partial charge in [-0.2, -0.15) is 0 Å². The van der Waals surface area contributed by atoms with Crippen LogP contribution in [0.15, 0.2) is 73.1 Å². The van der Waals surface area contributed by atoms with Gasteiger partial charge in [-0.15, -0.1) is 0 Å². The maximum atomic E-state index is 13.0. The van der Waals surface area contributed by atoms with E-state index in [-0.39, 0.29) is 5.82 Å². The molecular formula is C23H24FN3O. The summed E-state index contributed by atoms with van der Waals surface area (Å²) >= 11 is 0. The van der Waals surface area contributed by atoms with Crippen molar-refractivity contribution in [2.75, 3.05) is 19.6 Å². The van der Waals surface area contributed by atoms with Crippen LogP contribution in [-0.4, -0.2) is 29.5 Å². The van der Waals surface area contributed by atoms with Crippen molar-refractivity contribution in [3.05, 3.63) is 95.6 Å². The Morgan fingerprint density at radius 1 is 1.04 bits per heavy atom. The molecule has 0 aliphatic carbocycles. The first-order valence-corrected chi connectivity index (χ1v) is 9.59. The van der Waals surface area contributed by atoms with Crippen LogP contribution in [0.2, 0.25) is 0 Å². The van der Waals surface area contributed by atoms with Gasteiger partial charge >= 0.3 is 0 Å². The molecule has 1 N–H and O–H groups in total. The van der Waals surface area contributed by atoms with Crippen molar-refractivity contribution in [3.63, 3.8) is 0 Å². The summed E-state index contributed by atoms with van der Waals surface area (Å²) in [5, 5.41) is 3.49. The zero-order valence-electron chi connectivity index (χ0n) is 15.7. The summed E-state index contributed by atoms with van der Waals surface area (Å²) in [4.78, 5) is 6.63. The maximum Gasteiger partial charge on any atom is 0.123 e. The smallest absolute Gasteiger partial charge is 0.123 e. The fraction of sp³-hybridized carbons (Fsp3) is 0.261. The third-order valence-electron chi connectivity index (χ3n) is 5.05. The molecule has 1 aromatic heterocycles. The Morgan fingerprint density at radius 2 is 1.86 bits per heavy atom. The van der Waals surface area contributed by atoms with E-state index in [4.69, 9.17) is 4.74 Å². The first-order valence-electron chi connectivity index (χ1n) is 9.59. The molecule has 4 nitrogen and oxygen atoms in total. The fourth-order valence-electron chi connectivity index (χ4n) is 3.57. The van der Waals surface area contributed by atoms with Crippen LogP contribution in [0.3, 0.4) is 0 Å². The predicted octanol–water partition coefficient (Wildman–Crippen LogP) is 3.95. The number of rotatable bonds is 6. The minimum Gasteiger partial charge on any atom is -0.489 e. The highest BCUT2D eigenvalue weighted by Gasteiger charge is 2.23. The van der Waals surface area contributed by atoms with Crippen molar-refractivity contribution < 1.29 is 9.13 Å². The number of hydrogen-bond donors (Lipinski definition) is 1. The number of nitrogens with zero attached hydrogens (tertiary/aromatic N) is 2. The van der Waals surface area contributed by atoms with Gasteiger partial charge in [-0.3, -0.25) is 9.88 Å².